The molecule has 0 aliphatic heterocycles. The van der Waals surface area contributed by atoms with Gasteiger partial charge in [-0.25, -0.2) is 0 Å². The van der Waals surface area contributed by atoms with Gasteiger partial charge in [0.15, 0.2) is 5.78 Å². The minimum atomic E-state index is -0.320. The Balaban J connectivity index is 3.05. The highest BCUT2D eigenvalue weighted by Gasteiger charge is 2.36. The van der Waals surface area contributed by atoms with Crippen LogP contribution in [0.3, 0.4) is 0 Å². The van der Waals surface area contributed by atoms with Crippen molar-refractivity contribution in [1.29, 1.82) is 0 Å². The van der Waals surface area contributed by atoms with Crippen molar-refractivity contribution in [2.75, 3.05) is 7.05 Å². The Bertz CT molecular complexity index is 437. The first kappa shape index (κ1) is 16.9. The third-order valence-corrected chi connectivity index (χ3v) is 3.84. The molecule has 0 spiro atoms. The second-order valence-corrected chi connectivity index (χ2v) is 7.60. The summed E-state index contributed by atoms with van der Waals surface area (Å²) in [5, 5.41) is 0. The van der Waals surface area contributed by atoms with Gasteiger partial charge in [-0.3, -0.25) is 9.69 Å². The lowest BCUT2D eigenvalue weighted by atomic mass is 9.82. The average Bonchev–Trinajstić information content (AvgIpc) is 2.33. The van der Waals surface area contributed by atoms with Crippen LogP contribution >= 0.6 is 0 Å². The first-order valence-corrected chi connectivity index (χ1v) is 7.34. The van der Waals surface area contributed by atoms with Gasteiger partial charge in [0.2, 0.25) is 0 Å². The quantitative estimate of drug-likeness (QED) is 0.829. The van der Waals surface area contributed by atoms with Crippen molar-refractivity contribution in [2.24, 2.45) is 5.41 Å². The van der Waals surface area contributed by atoms with Crippen molar-refractivity contribution in [3.05, 3.63) is 35.9 Å². The summed E-state index contributed by atoms with van der Waals surface area (Å²) in [6.45, 7) is 12.5. The zero-order valence-electron chi connectivity index (χ0n) is 14.0. The van der Waals surface area contributed by atoms with E-state index in [1.165, 1.54) is 5.56 Å². The van der Waals surface area contributed by atoms with E-state index in [4.69, 9.17) is 0 Å². The van der Waals surface area contributed by atoms with Crippen LogP contribution in [0.25, 0.3) is 0 Å². The van der Waals surface area contributed by atoms with E-state index in [-0.39, 0.29) is 17.0 Å². The number of hydrogen-bond acceptors (Lipinski definition) is 2. The molecule has 112 valence electrons. The Labute approximate surface area is 124 Å². The van der Waals surface area contributed by atoms with Crippen LogP contribution < -0.4 is 0 Å². The van der Waals surface area contributed by atoms with E-state index in [9.17, 15) is 4.79 Å². The van der Waals surface area contributed by atoms with E-state index < -0.39 is 0 Å². The molecule has 0 aromatic heterocycles. The van der Waals surface area contributed by atoms with Crippen LogP contribution in [0.1, 0.15) is 47.1 Å². The monoisotopic (exact) mass is 275 g/mol. The Morgan fingerprint density at radius 1 is 1.05 bits per heavy atom. The molecule has 0 saturated carbocycles. The lowest BCUT2D eigenvalue weighted by molar-refractivity contribution is -0.133. The molecule has 0 aliphatic rings. The summed E-state index contributed by atoms with van der Waals surface area (Å²) in [6.07, 6.45) is 0.769. The van der Waals surface area contributed by atoms with Crippen molar-refractivity contribution >= 4 is 5.78 Å². The normalized spacial score (nSPS) is 14.4. The van der Waals surface area contributed by atoms with Crippen LogP contribution in [-0.4, -0.2) is 29.3 Å². The van der Waals surface area contributed by atoms with Crippen LogP contribution in [-0.2, 0) is 11.2 Å². The van der Waals surface area contributed by atoms with Crippen LogP contribution in [0.4, 0.5) is 0 Å². The Kier molecular flexibility index (Phi) is 5.15. The fourth-order valence-electron chi connectivity index (χ4n) is 2.21. The Hall–Kier alpha value is -1.15. The molecule has 0 heterocycles. The molecule has 0 saturated heterocycles. The number of rotatable bonds is 4. The first-order valence-electron chi connectivity index (χ1n) is 7.34. The third kappa shape index (κ3) is 4.45. The Morgan fingerprint density at radius 3 is 1.95 bits per heavy atom. The van der Waals surface area contributed by atoms with Gasteiger partial charge < -0.3 is 0 Å². The largest absolute Gasteiger partial charge is 0.297 e. The maximum Gasteiger partial charge on any atom is 0.155 e. The maximum atomic E-state index is 12.8. The minimum Gasteiger partial charge on any atom is -0.297 e. The van der Waals surface area contributed by atoms with E-state index in [1.807, 2.05) is 39.0 Å². The molecule has 0 bridgehead atoms. The van der Waals surface area contributed by atoms with E-state index in [0.29, 0.717) is 5.78 Å². The second-order valence-electron chi connectivity index (χ2n) is 7.60. The van der Waals surface area contributed by atoms with E-state index in [0.717, 1.165) is 6.42 Å². The molecule has 0 N–H and O–H groups in total. The summed E-state index contributed by atoms with van der Waals surface area (Å²) in [7, 11) is 2.05. The van der Waals surface area contributed by atoms with Crippen LogP contribution in [0.15, 0.2) is 30.3 Å². The molecular formula is C18H29NO. The number of benzene rings is 1. The lowest BCUT2D eigenvalue weighted by Crippen LogP contribution is -2.52. The molecule has 1 atom stereocenters. The smallest absolute Gasteiger partial charge is 0.155 e. The van der Waals surface area contributed by atoms with Crippen molar-refractivity contribution < 1.29 is 4.79 Å². The number of Topliss-reactive ketones (excluding diaryl/α,β-unsaturated/α-hetero) is 1. The van der Waals surface area contributed by atoms with Crippen LogP contribution in [0.2, 0.25) is 0 Å². The lowest BCUT2D eigenvalue weighted by Gasteiger charge is -2.40. The molecule has 0 unspecified atom stereocenters. The van der Waals surface area contributed by atoms with Crippen molar-refractivity contribution in [3.8, 4) is 0 Å². The molecule has 0 fully saturated rings. The highest BCUT2D eigenvalue weighted by Crippen LogP contribution is 2.25. The number of carbonyl (C=O) groups excluding carboxylic acids is 1. The predicted molar refractivity (Wildman–Crippen MR) is 85.9 cm³/mol. The summed E-state index contributed by atoms with van der Waals surface area (Å²) in [5.41, 5.74) is 0.866. The van der Waals surface area contributed by atoms with Crippen molar-refractivity contribution in [2.45, 2.75) is 59.5 Å². The van der Waals surface area contributed by atoms with E-state index in [1.54, 1.807) is 0 Å². The van der Waals surface area contributed by atoms with Crippen LogP contribution in [0, 0.1) is 5.41 Å². The molecule has 1 rings (SSSR count). The van der Waals surface area contributed by atoms with Gasteiger partial charge in [-0.1, -0.05) is 51.1 Å². The topological polar surface area (TPSA) is 20.3 Å². The molecule has 1 aromatic rings. The molecule has 0 radical (unpaired) electrons. The fourth-order valence-corrected chi connectivity index (χ4v) is 2.21. The maximum absolute atomic E-state index is 12.8. The standard InChI is InChI=1S/C18H29NO/c1-17(2,3)16(20)15(19(7)18(4,5)6)13-14-11-9-8-10-12-14/h8-12,15H,13H2,1-7H3/t15-/m1/s1. The van der Waals surface area contributed by atoms with Gasteiger partial charge in [-0.05, 0) is 39.8 Å². The summed E-state index contributed by atoms with van der Waals surface area (Å²) in [5.74, 6) is 0.304. The van der Waals surface area contributed by atoms with E-state index in [2.05, 4.69) is 44.9 Å². The Morgan fingerprint density at radius 2 is 1.55 bits per heavy atom. The summed E-state index contributed by atoms with van der Waals surface area (Å²) in [6, 6.07) is 10.2. The predicted octanol–water partition coefficient (Wildman–Crippen LogP) is 3.94. The zero-order valence-corrected chi connectivity index (χ0v) is 14.0. The highest BCUT2D eigenvalue weighted by atomic mass is 16.1. The molecule has 20 heavy (non-hydrogen) atoms. The van der Waals surface area contributed by atoms with Gasteiger partial charge in [0, 0.05) is 11.0 Å². The molecule has 0 aliphatic carbocycles. The van der Waals surface area contributed by atoms with Crippen LogP contribution in [0.5, 0.6) is 0 Å². The zero-order chi connectivity index (χ0) is 15.6. The molecule has 2 heteroatoms. The summed E-state index contributed by atoms with van der Waals surface area (Å²) >= 11 is 0. The van der Waals surface area contributed by atoms with Gasteiger partial charge in [0.05, 0.1) is 6.04 Å². The first-order chi connectivity index (χ1) is 9.03. The number of hydrogen-bond donors (Lipinski definition) is 0. The molecule has 2 nitrogen and oxygen atoms in total. The van der Waals surface area contributed by atoms with Gasteiger partial charge in [0.25, 0.3) is 0 Å². The second kappa shape index (κ2) is 6.09. The third-order valence-electron chi connectivity index (χ3n) is 3.84. The number of carbonyl (C=O) groups is 1. The minimum absolute atomic E-state index is 0.0274. The van der Waals surface area contributed by atoms with Crippen molar-refractivity contribution in [3.63, 3.8) is 0 Å². The summed E-state index contributed by atoms with van der Waals surface area (Å²) in [4.78, 5) is 15.0. The van der Waals surface area contributed by atoms with E-state index >= 15 is 0 Å². The average molecular weight is 275 g/mol. The molecule has 1 aromatic carbocycles. The summed E-state index contributed by atoms with van der Waals surface area (Å²) < 4.78 is 0. The number of likely N-dealkylation sites (N-methyl/N-ethyl adjacent to an activating group) is 1. The van der Waals surface area contributed by atoms with Gasteiger partial charge in [-0.15, -0.1) is 0 Å². The number of nitrogens with zero attached hydrogens (tertiary/aromatic N) is 1. The van der Waals surface area contributed by atoms with Gasteiger partial charge in [-0.2, -0.15) is 0 Å². The SMILES string of the molecule is CN([C@H](Cc1ccccc1)C(=O)C(C)(C)C)C(C)(C)C. The van der Waals surface area contributed by atoms with Gasteiger partial charge in [0.1, 0.15) is 0 Å². The molecule has 0 amide bonds. The fraction of sp³-hybridized carbons (Fsp3) is 0.611. The highest BCUT2D eigenvalue weighted by molar-refractivity contribution is 5.89. The van der Waals surface area contributed by atoms with Gasteiger partial charge >= 0.3 is 0 Å². The molecular weight excluding hydrogens is 246 g/mol. The number of ketones is 1. The van der Waals surface area contributed by atoms with Crippen molar-refractivity contribution in [1.82, 2.24) is 4.90 Å².